The first kappa shape index (κ1) is 18.7. The molecule has 3 N–H and O–H groups in total. The molecule has 0 aliphatic carbocycles. The molecule has 0 bridgehead atoms. The van der Waals surface area contributed by atoms with Crippen LogP contribution in [0, 0.1) is 0 Å². The first-order valence-electron chi connectivity index (χ1n) is 7.89. The summed E-state index contributed by atoms with van der Waals surface area (Å²) in [6.07, 6.45) is 4.77. The molecule has 0 heterocycles. The highest BCUT2D eigenvalue weighted by Gasteiger charge is 2.08. The second-order valence-corrected chi connectivity index (χ2v) is 5.38. The third-order valence-electron chi connectivity index (χ3n) is 3.46. The number of oxime groups is 1. The van der Waals surface area contributed by atoms with Gasteiger partial charge in [-0.2, -0.15) is 0 Å². The van der Waals surface area contributed by atoms with E-state index in [4.69, 9.17) is 10.3 Å². The lowest BCUT2D eigenvalue weighted by Gasteiger charge is -2.07. The lowest BCUT2D eigenvalue weighted by molar-refractivity contribution is -0.136. The Balaban J connectivity index is 2.52. The topological polar surface area (TPSA) is 99.0 Å². The number of carboxylic acid groups (broad SMARTS) is 1. The van der Waals surface area contributed by atoms with Crippen molar-refractivity contribution in [1.82, 2.24) is 0 Å². The molecule has 1 amide bonds. The van der Waals surface area contributed by atoms with Crippen LogP contribution in [-0.4, -0.2) is 27.9 Å². The Morgan fingerprint density at radius 2 is 1.74 bits per heavy atom. The third kappa shape index (κ3) is 7.44. The van der Waals surface area contributed by atoms with Crippen LogP contribution in [0.3, 0.4) is 0 Å². The summed E-state index contributed by atoms with van der Waals surface area (Å²) in [6.45, 7) is 2.13. The van der Waals surface area contributed by atoms with Gasteiger partial charge in [-0.1, -0.05) is 43.5 Å². The molecule has 0 aliphatic heterocycles. The Labute approximate surface area is 136 Å². The summed E-state index contributed by atoms with van der Waals surface area (Å²) in [7, 11) is 0. The molecule has 0 radical (unpaired) electrons. The van der Waals surface area contributed by atoms with Crippen LogP contribution < -0.4 is 5.32 Å². The smallest absolute Gasteiger partial charge is 0.303 e. The van der Waals surface area contributed by atoms with E-state index in [9.17, 15) is 9.59 Å². The van der Waals surface area contributed by atoms with Gasteiger partial charge in [0.05, 0.1) is 12.1 Å². The van der Waals surface area contributed by atoms with Crippen molar-refractivity contribution in [2.24, 2.45) is 5.16 Å². The van der Waals surface area contributed by atoms with E-state index in [2.05, 4.69) is 17.4 Å². The fourth-order valence-electron chi connectivity index (χ4n) is 2.16. The van der Waals surface area contributed by atoms with Crippen LogP contribution in [0.1, 0.15) is 57.4 Å². The summed E-state index contributed by atoms with van der Waals surface area (Å²) in [5.74, 6) is -0.964. The summed E-state index contributed by atoms with van der Waals surface area (Å²) >= 11 is 0. The minimum absolute atomic E-state index is 0.0178. The molecule has 1 rings (SSSR count). The van der Waals surface area contributed by atoms with E-state index in [0.717, 1.165) is 25.7 Å². The van der Waals surface area contributed by atoms with Gasteiger partial charge in [0.15, 0.2) is 0 Å². The molecule has 0 saturated heterocycles. The Hall–Kier alpha value is -2.37. The number of benzene rings is 1. The maximum Gasteiger partial charge on any atom is 0.303 e. The van der Waals surface area contributed by atoms with Gasteiger partial charge in [0, 0.05) is 18.5 Å². The molecule has 0 aromatic heterocycles. The number of unbranched alkanes of at least 4 members (excludes halogenated alkanes) is 3. The number of nitrogens with zero attached hydrogens (tertiary/aromatic N) is 1. The highest BCUT2D eigenvalue weighted by atomic mass is 16.4. The monoisotopic (exact) mass is 320 g/mol. The maximum atomic E-state index is 11.8. The van der Waals surface area contributed by atoms with Crippen molar-refractivity contribution in [3.8, 4) is 0 Å². The lowest BCUT2D eigenvalue weighted by atomic mass is 10.1. The number of carbonyl (C=O) groups is 2. The van der Waals surface area contributed by atoms with Crippen LogP contribution in [0.15, 0.2) is 29.4 Å². The Morgan fingerprint density at radius 3 is 2.30 bits per heavy atom. The van der Waals surface area contributed by atoms with Gasteiger partial charge in [-0.25, -0.2) is 0 Å². The van der Waals surface area contributed by atoms with Gasteiger partial charge in [0.1, 0.15) is 0 Å². The molecule has 0 saturated carbocycles. The standard InChI is InChI=1S/C17H24N2O4/c1-2-3-4-5-6-16(20)18-14-9-7-13(8-10-14)15(19-23)11-12-17(21)22/h7-10,23H,2-6,11-12H2,1H3,(H,18,20)(H,21,22). The highest BCUT2D eigenvalue weighted by molar-refractivity contribution is 6.01. The quantitative estimate of drug-likeness (QED) is 0.265. The van der Waals surface area contributed by atoms with E-state index in [1.807, 2.05) is 0 Å². The zero-order valence-electron chi connectivity index (χ0n) is 13.4. The number of rotatable bonds is 10. The van der Waals surface area contributed by atoms with Crippen LogP contribution in [0.2, 0.25) is 0 Å². The minimum atomic E-state index is -0.946. The fraction of sp³-hybridized carbons (Fsp3) is 0.471. The Kier molecular flexibility index (Phi) is 8.42. The van der Waals surface area contributed by atoms with Crippen molar-refractivity contribution in [2.75, 3.05) is 5.32 Å². The van der Waals surface area contributed by atoms with Crippen molar-refractivity contribution < 1.29 is 19.9 Å². The van der Waals surface area contributed by atoms with Crippen LogP contribution in [0.5, 0.6) is 0 Å². The molecule has 0 atom stereocenters. The van der Waals surface area contributed by atoms with E-state index < -0.39 is 5.97 Å². The fourth-order valence-corrected chi connectivity index (χ4v) is 2.16. The number of hydrogen-bond acceptors (Lipinski definition) is 4. The third-order valence-corrected chi connectivity index (χ3v) is 3.46. The van der Waals surface area contributed by atoms with E-state index in [1.165, 1.54) is 0 Å². The summed E-state index contributed by atoms with van der Waals surface area (Å²) in [6, 6.07) is 6.82. The SMILES string of the molecule is CCCCCCC(=O)Nc1ccc(C(CCC(=O)O)=NO)cc1. The predicted octanol–water partition coefficient (Wildman–Crippen LogP) is 3.64. The maximum absolute atomic E-state index is 11.8. The summed E-state index contributed by atoms with van der Waals surface area (Å²) in [5, 5.41) is 23.6. The lowest BCUT2D eigenvalue weighted by Crippen LogP contribution is -2.11. The molecule has 126 valence electrons. The van der Waals surface area contributed by atoms with Gasteiger partial charge in [-0.15, -0.1) is 0 Å². The van der Waals surface area contributed by atoms with Crippen LogP contribution in [0.25, 0.3) is 0 Å². The Bertz CT molecular complexity index is 538. The summed E-state index contributed by atoms with van der Waals surface area (Å²) < 4.78 is 0. The van der Waals surface area contributed by atoms with Gasteiger partial charge >= 0.3 is 5.97 Å². The molecule has 0 aliphatic rings. The molecule has 0 unspecified atom stereocenters. The second-order valence-electron chi connectivity index (χ2n) is 5.38. The molecular weight excluding hydrogens is 296 g/mol. The zero-order chi connectivity index (χ0) is 17.1. The van der Waals surface area contributed by atoms with Gasteiger partial charge in [-0.05, 0) is 24.1 Å². The number of amides is 1. The van der Waals surface area contributed by atoms with E-state index in [1.54, 1.807) is 24.3 Å². The normalized spacial score (nSPS) is 11.3. The number of carbonyl (C=O) groups excluding carboxylic acids is 1. The van der Waals surface area contributed by atoms with Crippen molar-refractivity contribution in [2.45, 2.75) is 51.9 Å². The zero-order valence-corrected chi connectivity index (χ0v) is 13.4. The van der Waals surface area contributed by atoms with Crippen molar-refractivity contribution >= 4 is 23.3 Å². The van der Waals surface area contributed by atoms with Crippen molar-refractivity contribution in [3.05, 3.63) is 29.8 Å². The van der Waals surface area contributed by atoms with Gasteiger partial charge in [0.2, 0.25) is 5.91 Å². The molecule has 0 spiro atoms. The number of carboxylic acids is 1. The number of hydrogen-bond donors (Lipinski definition) is 3. The second kappa shape index (κ2) is 10.4. The van der Waals surface area contributed by atoms with Crippen molar-refractivity contribution in [3.63, 3.8) is 0 Å². The first-order chi connectivity index (χ1) is 11.1. The van der Waals surface area contributed by atoms with E-state index in [0.29, 0.717) is 23.4 Å². The molecule has 0 fully saturated rings. The summed E-state index contributed by atoms with van der Waals surface area (Å²) in [5.41, 5.74) is 1.62. The number of aliphatic carboxylic acids is 1. The first-order valence-corrected chi connectivity index (χ1v) is 7.89. The van der Waals surface area contributed by atoms with Gasteiger partial charge < -0.3 is 15.6 Å². The average molecular weight is 320 g/mol. The molecule has 1 aromatic carbocycles. The predicted molar refractivity (Wildman–Crippen MR) is 89.0 cm³/mol. The highest BCUT2D eigenvalue weighted by Crippen LogP contribution is 2.14. The number of anilines is 1. The van der Waals surface area contributed by atoms with Crippen LogP contribution in [-0.2, 0) is 9.59 Å². The van der Waals surface area contributed by atoms with Crippen LogP contribution >= 0.6 is 0 Å². The molecule has 23 heavy (non-hydrogen) atoms. The number of nitrogens with one attached hydrogen (secondary N) is 1. The van der Waals surface area contributed by atoms with E-state index >= 15 is 0 Å². The summed E-state index contributed by atoms with van der Waals surface area (Å²) in [4.78, 5) is 22.4. The van der Waals surface area contributed by atoms with Crippen LogP contribution in [0.4, 0.5) is 5.69 Å². The average Bonchev–Trinajstić information content (AvgIpc) is 2.53. The molecule has 6 nitrogen and oxygen atoms in total. The molecular formula is C17H24N2O4. The van der Waals surface area contributed by atoms with E-state index in [-0.39, 0.29) is 18.7 Å². The van der Waals surface area contributed by atoms with Gasteiger partial charge in [0.25, 0.3) is 0 Å². The Morgan fingerprint density at radius 1 is 1.04 bits per heavy atom. The molecule has 6 heteroatoms. The van der Waals surface area contributed by atoms with Crippen molar-refractivity contribution in [1.29, 1.82) is 0 Å². The minimum Gasteiger partial charge on any atom is -0.481 e. The molecule has 1 aromatic rings. The largest absolute Gasteiger partial charge is 0.481 e. The van der Waals surface area contributed by atoms with Gasteiger partial charge in [-0.3, -0.25) is 9.59 Å².